The van der Waals surface area contributed by atoms with Gasteiger partial charge in [-0.3, -0.25) is 14.9 Å². The fraction of sp³-hybridized carbons (Fsp3) is 0.409. The first-order chi connectivity index (χ1) is 13.9. The summed E-state index contributed by atoms with van der Waals surface area (Å²) in [5.74, 6) is 1.08. The quantitative estimate of drug-likeness (QED) is 0.539. The van der Waals surface area contributed by atoms with Crippen LogP contribution in [0.15, 0.2) is 47.9 Å². The molecule has 0 saturated heterocycles. The van der Waals surface area contributed by atoms with Crippen LogP contribution in [0.5, 0.6) is 0 Å². The standard InChI is InChI=1S/C22H28N6O/c1-14-10-21(14)26-20-8-9-28(15(2)29)13-19(20)22(23)25-18-6-4-16(5-7-18)17-11-24-27(3)12-17/h4-7,11-12,14,21,26H,8-10,13H2,1-3H3,(H2,23,25). The molecule has 29 heavy (non-hydrogen) atoms. The van der Waals surface area contributed by atoms with Crippen LogP contribution in [0.25, 0.3) is 11.1 Å². The van der Waals surface area contributed by atoms with Crippen LogP contribution < -0.4 is 10.6 Å². The van der Waals surface area contributed by atoms with Gasteiger partial charge in [0.2, 0.25) is 5.91 Å². The first-order valence-electron chi connectivity index (χ1n) is 10.1. The van der Waals surface area contributed by atoms with E-state index in [9.17, 15) is 4.79 Å². The van der Waals surface area contributed by atoms with E-state index in [1.54, 1.807) is 16.5 Å². The monoisotopic (exact) mass is 392 g/mol. The molecule has 2 heterocycles. The Morgan fingerprint density at radius 3 is 2.55 bits per heavy atom. The summed E-state index contributed by atoms with van der Waals surface area (Å²) in [5, 5.41) is 19.7. The van der Waals surface area contributed by atoms with Crippen LogP contribution in [-0.4, -0.2) is 45.6 Å². The molecule has 1 aliphatic carbocycles. The van der Waals surface area contributed by atoms with Crippen LogP contribution in [0.2, 0.25) is 0 Å². The predicted molar refractivity (Wildman–Crippen MR) is 115 cm³/mol. The number of hydrogen-bond donors (Lipinski definition) is 3. The molecule has 2 atom stereocenters. The molecule has 152 valence electrons. The van der Waals surface area contributed by atoms with Gasteiger partial charge in [-0.05, 0) is 30.0 Å². The largest absolute Gasteiger partial charge is 0.385 e. The number of benzene rings is 1. The van der Waals surface area contributed by atoms with E-state index in [1.807, 2.05) is 43.7 Å². The number of anilines is 1. The zero-order valence-corrected chi connectivity index (χ0v) is 17.2. The highest BCUT2D eigenvalue weighted by atomic mass is 16.2. The van der Waals surface area contributed by atoms with Gasteiger partial charge in [-0.1, -0.05) is 19.1 Å². The highest BCUT2D eigenvalue weighted by Gasteiger charge is 2.34. The minimum atomic E-state index is 0.0509. The van der Waals surface area contributed by atoms with E-state index < -0.39 is 0 Å². The molecule has 7 heteroatoms. The summed E-state index contributed by atoms with van der Waals surface area (Å²) in [6, 6.07) is 8.48. The Morgan fingerprint density at radius 2 is 1.97 bits per heavy atom. The van der Waals surface area contributed by atoms with Crippen LogP contribution in [0.3, 0.4) is 0 Å². The Hall–Kier alpha value is -3.09. The molecule has 0 radical (unpaired) electrons. The van der Waals surface area contributed by atoms with Crippen molar-refractivity contribution in [3.8, 4) is 11.1 Å². The maximum Gasteiger partial charge on any atom is 0.219 e. The first-order valence-corrected chi connectivity index (χ1v) is 10.1. The Bertz CT molecular complexity index is 958. The molecule has 1 aromatic carbocycles. The SMILES string of the molecule is CC(=O)N1CCC(NC2CC2C)=C(C(=N)Nc2ccc(-c3cnn(C)c3)cc2)C1. The van der Waals surface area contributed by atoms with Gasteiger partial charge in [0.05, 0.1) is 12.7 Å². The second-order valence-corrected chi connectivity index (χ2v) is 8.09. The summed E-state index contributed by atoms with van der Waals surface area (Å²) in [7, 11) is 1.90. The molecule has 4 rings (SSSR count). The molecule has 0 spiro atoms. The van der Waals surface area contributed by atoms with Crippen LogP contribution in [-0.2, 0) is 11.8 Å². The van der Waals surface area contributed by atoms with Crippen molar-refractivity contribution in [2.24, 2.45) is 13.0 Å². The second-order valence-electron chi connectivity index (χ2n) is 8.09. The molecule has 1 amide bonds. The predicted octanol–water partition coefficient (Wildman–Crippen LogP) is 2.98. The highest BCUT2D eigenvalue weighted by Crippen LogP contribution is 2.32. The molecule has 2 aliphatic rings. The molecular formula is C22H28N6O. The molecule has 7 nitrogen and oxygen atoms in total. The third kappa shape index (κ3) is 4.34. The van der Waals surface area contributed by atoms with Crippen molar-refractivity contribution in [3.63, 3.8) is 0 Å². The third-order valence-electron chi connectivity index (χ3n) is 5.75. The maximum atomic E-state index is 11.9. The van der Waals surface area contributed by atoms with Gasteiger partial charge < -0.3 is 15.5 Å². The minimum absolute atomic E-state index is 0.0509. The lowest BCUT2D eigenvalue weighted by Gasteiger charge is -2.31. The molecule has 1 aromatic heterocycles. The van der Waals surface area contributed by atoms with Gasteiger partial charge in [0.15, 0.2) is 0 Å². The number of nitrogens with one attached hydrogen (secondary N) is 3. The number of hydrogen-bond acceptors (Lipinski definition) is 4. The Morgan fingerprint density at radius 1 is 1.24 bits per heavy atom. The topological polar surface area (TPSA) is 86.0 Å². The van der Waals surface area contributed by atoms with Gasteiger partial charge in [0.1, 0.15) is 5.84 Å². The van der Waals surface area contributed by atoms with E-state index in [1.165, 1.54) is 6.42 Å². The second kappa shape index (κ2) is 7.73. The summed E-state index contributed by atoms with van der Waals surface area (Å²) in [6.45, 7) is 5.00. The van der Waals surface area contributed by atoms with Crippen molar-refractivity contribution in [3.05, 3.63) is 47.9 Å². The summed E-state index contributed by atoms with van der Waals surface area (Å²) < 4.78 is 1.78. The maximum absolute atomic E-state index is 11.9. The Labute approximate surface area is 171 Å². The van der Waals surface area contributed by atoms with Gasteiger partial charge in [0, 0.05) is 61.7 Å². The molecule has 1 fully saturated rings. The summed E-state index contributed by atoms with van der Waals surface area (Å²) in [5.41, 5.74) is 4.98. The van der Waals surface area contributed by atoms with Crippen molar-refractivity contribution in [2.45, 2.75) is 32.7 Å². The normalized spacial score (nSPS) is 21.1. The molecular weight excluding hydrogens is 364 g/mol. The van der Waals surface area contributed by atoms with E-state index >= 15 is 0 Å². The number of aromatic nitrogens is 2. The van der Waals surface area contributed by atoms with Crippen LogP contribution >= 0.6 is 0 Å². The van der Waals surface area contributed by atoms with Gasteiger partial charge in [-0.25, -0.2) is 0 Å². The molecule has 2 unspecified atom stereocenters. The van der Waals surface area contributed by atoms with Crippen molar-refractivity contribution in [1.29, 1.82) is 5.41 Å². The van der Waals surface area contributed by atoms with Gasteiger partial charge in [0.25, 0.3) is 0 Å². The Kier molecular flexibility index (Phi) is 5.13. The fourth-order valence-corrected chi connectivity index (χ4v) is 3.70. The molecule has 0 bridgehead atoms. The van der Waals surface area contributed by atoms with Crippen molar-refractivity contribution in [1.82, 2.24) is 20.0 Å². The number of aryl methyl sites for hydroxylation is 1. The van der Waals surface area contributed by atoms with Gasteiger partial charge in [-0.15, -0.1) is 0 Å². The van der Waals surface area contributed by atoms with E-state index in [0.29, 0.717) is 30.9 Å². The van der Waals surface area contributed by atoms with Crippen LogP contribution in [0.1, 0.15) is 26.7 Å². The number of rotatable bonds is 5. The minimum Gasteiger partial charge on any atom is -0.385 e. The lowest BCUT2D eigenvalue weighted by atomic mass is 10.0. The van der Waals surface area contributed by atoms with Crippen molar-refractivity contribution >= 4 is 17.4 Å². The summed E-state index contributed by atoms with van der Waals surface area (Å²) in [6.07, 6.45) is 5.75. The molecule has 1 saturated carbocycles. The van der Waals surface area contributed by atoms with Crippen molar-refractivity contribution < 1.29 is 4.79 Å². The van der Waals surface area contributed by atoms with Crippen molar-refractivity contribution in [2.75, 3.05) is 18.4 Å². The average molecular weight is 393 g/mol. The number of carbonyl (C=O) groups excluding carboxylic acids is 1. The van der Waals surface area contributed by atoms with E-state index in [2.05, 4.69) is 22.7 Å². The molecule has 2 aromatic rings. The fourth-order valence-electron chi connectivity index (χ4n) is 3.70. The Balaban J connectivity index is 1.50. The number of amidine groups is 1. The van der Waals surface area contributed by atoms with Gasteiger partial charge >= 0.3 is 0 Å². The highest BCUT2D eigenvalue weighted by molar-refractivity contribution is 6.07. The molecule has 1 aliphatic heterocycles. The number of amides is 1. The lowest BCUT2D eigenvalue weighted by molar-refractivity contribution is -0.128. The molecule has 3 N–H and O–H groups in total. The van der Waals surface area contributed by atoms with E-state index in [4.69, 9.17) is 5.41 Å². The smallest absolute Gasteiger partial charge is 0.219 e. The number of carbonyl (C=O) groups is 1. The van der Waals surface area contributed by atoms with E-state index in [0.717, 1.165) is 34.5 Å². The summed E-state index contributed by atoms with van der Waals surface area (Å²) >= 11 is 0. The summed E-state index contributed by atoms with van der Waals surface area (Å²) in [4.78, 5) is 13.7. The first kappa shape index (κ1) is 19.2. The zero-order valence-electron chi connectivity index (χ0n) is 17.2. The number of nitrogens with zero attached hydrogens (tertiary/aromatic N) is 3. The van der Waals surface area contributed by atoms with Crippen LogP contribution in [0, 0.1) is 11.3 Å². The third-order valence-corrected chi connectivity index (χ3v) is 5.75. The lowest BCUT2D eigenvalue weighted by Crippen LogP contribution is -2.41. The van der Waals surface area contributed by atoms with Crippen LogP contribution in [0.4, 0.5) is 5.69 Å². The average Bonchev–Trinajstić information content (AvgIpc) is 3.21. The van der Waals surface area contributed by atoms with Gasteiger partial charge in [-0.2, -0.15) is 5.10 Å². The zero-order chi connectivity index (χ0) is 20.5. The van der Waals surface area contributed by atoms with E-state index in [-0.39, 0.29) is 5.91 Å².